The zero-order valence-corrected chi connectivity index (χ0v) is 9.85. The number of thioether (sulfide) groups is 1. The highest BCUT2D eigenvalue weighted by molar-refractivity contribution is 7.99. The lowest BCUT2D eigenvalue weighted by Crippen LogP contribution is -2.41. The van der Waals surface area contributed by atoms with Crippen LogP contribution in [0.5, 0.6) is 5.75 Å². The predicted molar refractivity (Wildman–Crippen MR) is 65.8 cm³/mol. The van der Waals surface area contributed by atoms with E-state index in [1.165, 1.54) is 11.3 Å². The quantitative estimate of drug-likeness (QED) is 0.847. The lowest BCUT2D eigenvalue weighted by molar-refractivity contribution is 0.276. The van der Waals surface area contributed by atoms with Crippen molar-refractivity contribution in [2.75, 3.05) is 24.7 Å². The Morgan fingerprint density at radius 1 is 1.40 bits per heavy atom. The average Bonchev–Trinajstić information content (AvgIpc) is 2.30. The van der Waals surface area contributed by atoms with Crippen LogP contribution in [0.3, 0.4) is 0 Å². The van der Waals surface area contributed by atoms with Crippen LogP contribution >= 0.6 is 11.8 Å². The van der Waals surface area contributed by atoms with Gasteiger partial charge in [0, 0.05) is 18.1 Å². The molecular formula is C12H17NOS. The van der Waals surface area contributed by atoms with E-state index in [0.29, 0.717) is 6.04 Å². The number of benzene rings is 1. The fourth-order valence-corrected chi connectivity index (χ4v) is 2.49. The molecule has 1 aromatic carbocycles. The summed E-state index contributed by atoms with van der Waals surface area (Å²) in [7, 11) is 0. The average molecular weight is 223 g/mol. The summed E-state index contributed by atoms with van der Waals surface area (Å²) < 4.78 is 5.72. The molecule has 1 atom stereocenters. The van der Waals surface area contributed by atoms with Crippen molar-refractivity contribution in [3.8, 4) is 5.75 Å². The summed E-state index contributed by atoms with van der Waals surface area (Å²) in [6.07, 6.45) is 0. The molecule has 2 rings (SSSR count). The van der Waals surface area contributed by atoms with E-state index in [4.69, 9.17) is 4.74 Å². The molecule has 1 aliphatic rings. The Labute approximate surface area is 95.4 Å². The SMILES string of the molecule is Cc1ccc(OCC2CSCCN2)cc1. The molecule has 1 unspecified atom stereocenters. The number of nitrogens with one attached hydrogen (secondary N) is 1. The van der Waals surface area contributed by atoms with Crippen molar-refractivity contribution >= 4 is 11.8 Å². The minimum Gasteiger partial charge on any atom is -0.492 e. The molecular weight excluding hydrogens is 206 g/mol. The highest BCUT2D eigenvalue weighted by Crippen LogP contribution is 2.13. The topological polar surface area (TPSA) is 21.3 Å². The molecule has 0 radical (unpaired) electrons. The molecule has 1 fully saturated rings. The first-order chi connectivity index (χ1) is 7.34. The van der Waals surface area contributed by atoms with Crippen molar-refractivity contribution in [1.29, 1.82) is 0 Å². The van der Waals surface area contributed by atoms with Crippen molar-refractivity contribution in [1.82, 2.24) is 5.32 Å². The van der Waals surface area contributed by atoms with E-state index >= 15 is 0 Å². The third-order valence-electron chi connectivity index (χ3n) is 2.47. The van der Waals surface area contributed by atoms with E-state index in [0.717, 1.165) is 24.7 Å². The highest BCUT2D eigenvalue weighted by atomic mass is 32.2. The first kappa shape index (κ1) is 10.8. The van der Waals surface area contributed by atoms with Crippen LogP contribution in [0.1, 0.15) is 5.56 Å². The Kier molecular flexibility index (Phi) is 3.92. The van der Waals surface area contributed by atoms with Gasteiger partial charge < -0.3 is 10.1 Å². The first-order valence-corrected chi connectivity index (χ1v) is 6.50. The van der Waals surface area contributed by atoms with Crippen molar-refractivity contribution in [2.45, 2.75) is 13.0 Å². The number of rotatable bonds is 3. The van der Waals surface area contributed by atoms with Crippen LogP contribution in [-0.2, 0) is 0 Å². The van der Waals surface area contributed by atoms with Gasteiger partial charge in [0.1, 0.15) is 12.4 Å². The lowest BCUT2D eigenvalue weighted by atomic mass is 10.2. The largest absolute Gasteiger partial charge is 0.492 e. The highest BCUT2D eigenvalue weighted by Gasteiger charge is 2.12. The first-order valence-electron chi connectivity index (χ1n) is 5.35. The maximum atomic E-state index is 5.72. The van der Waals surface area contributed by atoms with Crippen LogP contribution < -0.4 is 10.1 Å². The Bertz CT molecular complexity index is 293. The van der Waals surface area contributed by atoms with E-state index in [1.807, 2.05) is 23.9 Å². The fourth-order valence-electron chi connectivity index (χ4n) is 1.56. The molecule has 0 amide bonds. The Hall–Kier alpha value is -0.670. The van der Waals surface area contributed by atoms with Crippen LogP contribution in [0.2, 0.25) is 0 Å². The molecule has 0 bridgehead atoms. The van der Waals surface area contributed by atoms with Gasteiger partial charge in [-0.1, -0.05) is 17.7 Å². The van der Waals surface area contributed by atoms with Crippen LogP contribution in [0.15, 0.2) is 24.3 Å². The molecule has 82 valence electrons. The smallest absolute Gasteiger partial charge is 0.119 e. The fraction of sp³-hybridized carbons (Fsp3) is 0.500. The van der Waals surface area contributed by atoms with E-state index in [-0.39, 0.29) is 0 Å². The molecule has 0 spiro atoms. The van der Waals surface area contributed by atoms with Gasteiger partial charge in [0.2, 0.25) is 0 Å². The van der Waals surface area contributed by atoms with Crippen molar-refractivity contribution in [3.05, 3.63) is 29.8 Å². The third-order valence-corrected chi connectivity index (χ3v) is 3.60. The van der Waals surface area contributed by atoms with Gasteiger partial charge in [0.05, 0.1) is 6.04 Å². The summed E-state index contributed by atoms with van der Waals surface area (Å²) in [5.41, 5.74) is 1.27. The van der Waals surface area contributed by atoms with Gasteiger partial charge in [-0.3, -0.25) is 0 Å². The van der Waals surface area contributed by atoms with E-state index in [9.17, 15) is 0 Å². The van der Waals surface area contributed by atoms with Crippen LogP contribution in [-0.4, -0.2) is 30.7 Å². The number of hydrogen-bond acceptors (Lipinski definition) is 3. The van der Waals surface area contributed by atoms with Gasteiger partial charge in [0.15, 0.2) is 0 Å². The lowest BCUT2D eigenvalue weighted by Gasteiger charge is -2.23. The summed E-state index contributed by atoms with van der Waals surface area (Å²) in [4.78, 5) is 0. The van der Waals surface area contributed by atoms with Crippen molar-refractivity contribution < 1.29 is 4.74 Å². The zero-order chi connectivity index (χ0) is 10.5. The van der Waals surface area contributed by atoms with Gasteiger partial charge in [-0.15, -0.1) is 0 Å². The number of ether oxygens (including phenoxy) is 1. The maximum Gasteiger partial charge on any atom is 0.119 e. The van der Waals surface area contributed by atoms with Crippen LogP contribution in [0, 0.1) is 6.92 Å². The van der Waals surface area contributed by atoms with Crippen molar-refractivity contribution in [3.63, 3.8) is 0 Å². The third kappa shape index (κ3) is 3.43. The molecule has 1 heterocycles. The Morgan fingerprint density at radius 3 is 2.87 bits per heavy atom. The second-order valence-corrected chi connectivity index (χ2v) is 5.00. The summed E-state index contributed by atoms with van der Waals surface area (Å²) in [6.45, 7) is 3.96. The molecule has 15 heavy (non-hydrogen) atoms. The van der Waals surface area contributed by atoms with E-state index in [2.05, 4.69) is 24.4 Å². The summed E-state index contributed by atoms with van der Waals surface area (Å²) in [5, 5.41) is 3.45. The Morgan fingerprint density at radius 2 is 2.20 bits per heavy atom. The summed E-state index contributed by atoms with van der Waals surface area (Å²) in [6, 6.07) is 8.73. The summed E-state index contributed by atoms with van der Waals surface area (Å²) in [5.74, 6) is 3.35. The van der Waals surface area contributed by atoms with E-state index in [1.54, 1.807) is 0 Å². The normalized spacial score (nSPS) is 21.3. The second kappa shape index (κ2) is 5.42. The Balaban J connectivity index is 1.79. The predicted octanol–water partition coefficient (Wildman–Crippen LogP) is 2.08. The zero-order valence-electron chi connectivity index (χ0n) is 9.03. The molecule has 1 saturated heterocycles. The molecule has 1 N–H and O–H groups in total. The molecule has 1 aromatic rings. The molecule has 0 aromatic heterocycles. The monoisotopic (exact) mass is 223 g/mol. The van der Waals surface area contributed by atoms with Gasteiger partial charge in [-0.2, -0.15) is 11.8 Å². The maximum absolute atomic E-state index is 5.72. The van der Waals surface area contributed by atoms with Crippen molar-refractivity contribution in [2.24, 2.45) is 0 Å². The number of hydrogen-bond donors (Lipinski definition) is 1. The molecule has 1 aliphatic heterocycles. The minimum atomic E-state index is 0.505. The molecule has 2 nitrogen and oxygen atoms in total. The van der Waals surface area contributed by atoms with Crippen LogP contribution in [0.25, 0.3) is 0 Å². The van der Waals surface area contributed by atoms with E-state index < -0.39 is 0 Å². The molecule has 0 saturated carbocycles. The van der Waals surface area contributed by atoms with Gasteiger partial charge in [-0.05, 0) is 19.1 Å². The molecule has 0 aliphatic carbocycles. The second-order valence-electron chi connectivity index (χ2n) is 3.85. The van der Waals surface area contributed by atoms with Gasteiger partial charge in [0.25, 0.3) is 0 Å². The van der Waals surface area contributed by atoms with Gasteiger partial charge in [-0.25, -0.2) is 0 Å². The summed E-state index contributed by atoms with van der Waals surface area (Å²) >= 11 is 2.00. The minimum absolute atomic E-state index is 0.505. The van der Waals surface area contributed by atoms with Crippen LogP contribution in [0.4, 0.5) is 0 Å². The number of aryl methyl sites for hydroxylation is 1. The van der Waals surface area contributed by atoms with Gasteiger partial charge >= 0.3 is 0 Å². The standard InChI is InChI=1S/C12H17NOS/c1-10-2-4-12(5-3-10)14-8-11-9-15-7-6-13-11/h2-5,11,13H,6-9H2,1H3. The molecule has 3 heteroatoms.